The van der Waals surface area contributed by atoms with Crippen LogP contribution < -0.4 is 0 Å². The monoisotopic (exact) mass is 568 g/mol. The number of esters is 4. The Kier molecular flexibility index (Phi) is 13.1. The van der Waals surface area contributed by atoms with E-state index in [4.69, 9.17) is 18.9 Å². The molecule has 2 aliphatic carbocycles. The molecule has 0 radical (unpaired) electrons. The van der Waals surface area contributed by atoms with Crippen molar-refractivity contribution in [3.05, 3.63) is 60.2 Å². The summed E-state index contributed by atoms with van der Waals surface area (Å²) in [6.07, 6.45) is 10.2. The second-order valence-corrected chi connectivity index (χ2v) is 11.4. The van der Waals surface area contributed by atoms with Crippen molar-refractivity contribution < 1.29 is 38.1 Å². The minimum absolute atomic E-state index is 0.153. The summed E-state index contributed by atoms with van der Waals surface area (Å²) < 4.78 is 21.5. The minimum atomic E-state index is -0.391. The zero-order valence-electron chi connectivity index (χ0n) is 24.3. The van der Waals surface area contributed by atoms with E-state index in [-0.39, 0.29) is 24.8 Å². The van der Waals surface area contributed by atoms with E-state index in [1.807, 2.05) is 25.1 Å². The van der Waals surface area contributed by atoms with Crippen molar-refractivity contribution in [3.8, 4) is 0 Å². The van der Waals surface area contributed by atoms with Gasteiger partial charge in [0.1, 0.15) is 0 Å². The quantitative estimate of drug-likeness (QED) is 0.171. The summed E-state index contributed by atoms with van der Waals surface area (Å²) in [5.74, 6) is -0.00609. The van der Waals surface area contributed by atoms with E-state index in [9.17, 15) is 19.2 Å². The topological polar surface area (TPSA) is 105 Å². The fourth-order valence-electron chi connectivity index (χ4n) is 5.52. The number of carbonyl (C=O) groups is 4. The fraction of sp³-hybridized carbons (Fsp3) is 0.576. The molecule has 0 atom stereocenters. The Morgan fingerprint density at radius 1 is 0.659 bits per heavy atom. The van der Waals surface area contributed by atoms with Gasteiger partial charge in [-0.15, -0.1) is 0 Å². The van der Waals surface area contributed by atoms with Crippen molar-refractivity contribution in [1.29, 1.82) is 0 Å². The number of hydrogen-bond acceptors (Lipinski definition) is 8. The van der Waals surface area contributed by atoms with Crippen LogP contribution in [-0.4, -0.2) is 50.3 Å². The molecule has 2 aliphatic rings. The van der Waals surface area contributed by atoms with E-state index in [1.54, 1.807) is 0 Å². The number of aryl methyl sites for hydroxylation is 1. The van der Waals surface area contributed by atoms with Gasteiger partial charge in [-0.1, -0.05) is 31.4 Å². The SMILES string of the molecule is C=CC(=O)OCC1CCC(COC(=O)Cc2ccc(C)c(CC(=O)OCC3CCC(COC(=O)C=C)CC3)c2)CC1. The zero-order chi connectivity index (χ0) is 29.6. The summed E-state index contributed by atoms with van der Waals surface area (Å²) >= 11 is 0. The number of ether oxygens (including phenoxy) is 4. The molecule has 1 aromatic carbocycles. The Labute approximate surface area is 243 Å². The summed E-state index contributed by atoms with van der Waals surface area (Å²) in [6, 6.07) is 5.71. The minimum Gasteiger partial charge on any atom is -0.465 e. The van der Waals surface area contributed by atoms with Crippen LogP contribution in [-0.2, 0) is 51.0 Å². The molecule has 0 bridgehead atoms. The maximum atomic E-state index is 12.6. The van der Waals surface area contributed by atoms with Crippen molar-refractivity contribution >= 4 is 23.9 Å². The first kappa shape index (κ1) is 32.1. The van der Waals surface area contributed by atoms with Gasteiger partial charge in [0.25, 0.3) is 0 Å². The molecule has 3 rings (SSSR count). The lowest BCUT2D eigenvalue weighted by molar-refractivity contribution is -0.145. The standard InChI is InChI=1S/C33H44O8/c1-4-30(34)38-19-24-8-12-26(13-9-24)21-40-32(36)17-28-7-6-23(3)29(16-28)18-33(37)41-22-27-14-10-25(11-15-27)20-39-31(35)5-2/h4-7,16,24-27H,1-2,8-15,17-22H2,3H3. The Morgan fingerprint density at radius 3 is 1.46 bits per heavy atom. The molecule has 0 amide bonds. The molecular weight excluding hydrogens is 524 g/mol. The molecule has 2 saturated carbocycles. The molecule has 0 aromatic heterocycles. The van der Waals surface area contributed by atoms with E-state index < -0.39 is 11.9 Å². The van der Waals surface area contributed by atoms with Crippen LogP contribution in [0.2, 0.25) is 0 Å². The third kappa shape index (κ3) is 11.5. The van der Waals surface area contributed by atoms with E-state index in [0.717, 1.165) is 68.1 Å². The van der Waals surface area contributed by atoms with Crippen molar-refractivity contribution in [2.75, 3.05) is 26.4 Å². The summed E-state index contributed by atoms with van der Waals surface area (Å²) in [4.78, 5) is 47.6. The van der Waals surface area contributed by atoms with Gasteiger partial charge in [0.05, 0.1) is 39.3 Å². The molecule has 8 heteroatoms. The van der Waals surface area contributed by atoms with E-state index in [0.29, 0.717) is 50.1 Å². The van der Waals surface area contributed by atoms with Gasteiger partial charge in [-0.2, -0.15) is 0 Å². The molecule has 224 valence electrons. The van der Waals surface area contributed by atoms with Gasteiger partial charge in [0, 0.05) is 12.2 Å². The van der Waals surface area contributed by atoms with Crippen LogP contribution in [0, 0.1) is 30.6 Å². The van der Waals surface area contributed by atoms with E-state index in [1.165, 1.54) is 12.2 Å². The van der Waals surface area contributed by atoms with Gasteiger partial charge >= 0.3 is 23.9 Å². The average Bonchev–Trinajstić information content (AvgIpc) is 2.99. The maximum absolute atomic E-state index is 12.6. The molecule has 0 aliphatic heterocycles. The van der Waals surface area contributed by atoms with Crippen LogP contribution in [0.25, 0.3) is 0 Å². The highest BCUT2D eigenvalue weighted by Gasteiger charge is 2.25. The molecule has 1 aromatic rings. The summed E-state index contributed by atoms with van der Waals surface area (Å²) in [5.41, 5.74) is 2.64. The van der Waals surface area contributed by atoms with Crippen LogP contribution in [0.5, 0.6) is 0 Å². The van der Waals surface area contributed by atoms with Gasteiger partial charge in [-0.3, -0.25) is 9.59 Å². The van der Waals surface area contributed by atoms with Gasteiger partial charge in [0.15, 0.2) is 0 Å². The van der Waals surface area contributed by atoms with Gasteiger partial charge in [0.2, 0.25) is 0 Å². The zero-order valence-corrected chi connectivity index (χ0v) is 24.3. The van der Waals surface area contributed by atoms with Crippen LogP contribution in [0.3, 0.4) is 0 Å². The van der Waals surface area contributed by atoms with Gasteiger partial charge in [-0.05, 0) is 98.7 Å². The highest BCUT2D eigenvalue weighted by molar-refractivity contribution is 5.81. The van der Waals surface area contributed by atoms with Crippen molar-refractivity contribution in [1.82, 2.24) is 0 Å². The lowest BCUT2D eigenvalue weighted by atomic mass is 9.83. The predicted octanol–water partition coefficient (Wildman–Crippen LogP) is 5.24. The fourth-order valence-corrected chi connectivity index (χ4v) is 5.52. The van der Waals surface area contributed by atoms with Crippen LogP contribution in [0.4, 0.5) is 0 Å². The molecule has 8 nitrogen and oxygen atoms in total. The molecule has 0 N–H and O–H groups in total. The normalized spacial score (nSPS) is 22.2. The summed E-state index contributed by atoms with van der Waals surface area (Å²) in [6.45, 7) is 10.4. The highest BCUT2D eigenvalue weighted by atomic mass is 16.5. The highest BCUT2D eigenvalue weighted by Crippen LogP contribution is 2.30. The molecule has 0 saturated heterocycles. The van der Waals surface area contributed by atoms with Crippen LogP contribution in [0.1, 0.15) is 68.1 Å². The predicted molar refractivity (Wildman–Crippen MR) is 154 cm³/mol. The number of benzene rings is 1. The summed E-state index contributed by atoms with van der Waals surface area (Å²) in [5, 5.41) is 0. The first-order valence-electron chi connectivity index (χ1n) is 14.7. The second kappa shape index (κ2) is 16.7. The Balaban J connectivity index is 1.34. The first-order chi connectivity index (χ1) is 19.7. The largest absolute Gasteiger partial charge is 0.465 e. The van der Waals surface area contributed by atoms with Gasteiger partial charge < -0.3 is 18.9 Å². The van der Waals surface area contributed by atoms with Crippen LogP contribution >= 0.6 is 0 Å². The van der Waals surface area contributed by atoms with Crippen LogP contribution in [0.15, 0.2) is 43.5 Å². The number of carbonyl (C=O) groups excluding carboxylic acids is 4. The molecule has 2 fully saturated rings. The second-order valence-electron chi connectivity index (χ2n) is 11.4. The lowest BCUT2D eigenvalue weighted by Crippen LogP contribution is -2.24. The maximum Gasteiger partial charge on any atom is 0.330 e. The average molecular weight is 569 g/mol. The van der Waals surface area contributed by atoms with E-state index >= 15 is 0 Å². The molecule has 41 heavy (non-hydrogen) atoms. The Hall–Kier alpha value is -3.42. The molecule has 0 unspecified atom stereocenters. The van der Waals surface area contributed by atoms with Gasteiger partial charge in [-0.25, -0.2) is 9.59 Å². The number of hydrogen-bond donors (Lipinski definition) is 0. The number of rotatable bonds is 14. The molecular formula is C33H44O8. The third-order valence-electron chi connectivity index (χ3n) is 8.25. The van der Waals surface area contributed by atoms with Crippen molar-refractivity contribution in [3.63, 3.8) is 0 Å². The molecule has 0 spiro atoms. The van der Waals surface area contributed by atoms with Crippen molar-refractivity contribution in [2.45, 2.75) is 71.1 Å². The summed E-state index contributed by atoms with van der Waals surface area (Å²) in [7, 11) is 0. The molecule has 0 heterocycles. The first-order valence-corrected chi connectivity index (χ1v) is 14.7. The Bertz CT molecular complexity index is 1060. The Morgan fingerprint density at radius 2 is 1.05 bits per heavy atom. The lowest BCUT2D eigenvalue weighted by Gasteiger charge is -2.27. The smallest absolute Gasteiger partial charge is 0.330 e. The third-order valence-corrected chi connectivity index (χ3v) is 8.25. The van der Waals surface area contributed by atoms with Crippen molar-refractivity contribution in [2.24, 2.45) is 23.7 Å². The van der Waals surface area contributed by atoms with E-state index in [2.05, 4.69) is 13.2 Å².